The first kappa shape index (κ1) is 23.5. The summed E-state index contributed by atoms with van der Waals surface area (Å²) in [6.07, 6.45) is -11.3. The fourth-order valence-corrected chi connectivity index (χ4v) is 3.76. The first-order valence-corrected chi connectivity index (χ1v) is 9.45. The smallest absolute Gasteiger partial charge is 0.290 e. The highest BCUT2D eigenvalue weighted by molar-refractivity contribution is 7.87. The topological polar surface area (TPSA) is 132 Å². The molecule has 10 nitrogen and oxygen atoms in total. The van der Waals surface area contributed by atoms with Gasteiger partial charge in [-0.15, -0.1) is 26.3 Å². The molecular weight excluding hydrogens is 429 g/mol. The molecule has 0 unspecified atom stereocenters. The van der Waals surface area contributed by atoms with Crippen LogP contribution in [-0.2, 0) is 46.7 Å². The van der Waals surface area contributed by atoms with Crippen LogP contribution in [0.1, 0.15) is 0 Å². The Morgan fingerprint density at radius 1 is 0.792 bits per heavy atom. The number of phosphoric ester groups is 1. The van der Waals surface area contributed by atoms with E-state index in [0.29, 0.717) is 7.11 Å². The molecule has 0 aromatic carbocycles. The van der Waals surface area contributed by atoms with E-state index < -0.39 is 52.7 Å². The van der Waals surface area contributed by atoms with E-state index in [2.05, 4.69) is 21.9 Å². The maximum Gasteiger partial charge on any atom is 0.537 e. The van der Waals surface area contributed by atoms with Gasteiger partial charge in [0.25, 0.3) is 20.2 Å². The van der Waals surface area contributed by atoms with E-state index in [1.54, 1.807) is 0 Å². The molecule has 0 bridgehead atoms. The van der Waals surface area contributed by atoms with Crippen LogP contribution in [0.2, 0.25) is 0 Å². The van der Waals surface area contributed by atoms with Gasteiger partial charge in [0, 0.05) is 7.11 Å². The van der Waals surface area contributed by atoms with Crippen LogP contribution in [0.3, 0.4) is 0 Å². The summed E-state index contributed by atoms with van der Waals surface area (Å²) >= 11 is 0. The van der Waals surface area contributed by atoms with Crippen LogP contribution in [0, 0.1) is 0 Å². The third kappa shape index (κ3) is 11.1. The van der Waals surface area contributed by atoms with Crippen LogP contribution in [0.4, 0.5) is 26.3 Å². The molecule has 0 atom stereocenters. The molecule has 0 heterocycles. The van der Waals surface area contributed by atoms with Crippen LogP contribution < -0.4 is 0 Å². The van der Waals surface area contributed by atoms with Gasteiger partial charge in [-0.25, -0.2) is 4.57 Å². The summed E-state index contributed by atoms with van der Waals surface area (Å²) in [4.78, 5) is 0. The summed E-state index contributed by atoms with van der Waals surface area (Å²) in [5, 5.41) is 0. The first-order valence-electron chi connectivity index (χ1n) is 4.84. The van der Waals surface area contributed by atoms with Crippen LogP contribution in [0.15, 0.2) is 0 Å². The van der Waals surface area contributed by atoms with Gasteiger partial charge in [0.15, 0.2) is 11.9 Å². The zero-order valence-corrected chi connectivity index (χ0v) is 13.6. The molecule has 0 spiro atoms. The molecule has 0 aliphatic carbocycles. The maximum atomic E-state index is 11.7. The van der Waals surface area contributed by atoms with E-state index in [9.17, 15) is 47.7 Å². The molecule has 0 aromatic rings. The van der Waals surface area contributed by atoms with Gasteiger partial charge in [-0.1, -0.05) is 0 Å². The lowest BCUT2D eigenvalue weighted by molar-refractivity contribution is -0.273. The van der Waals surface area contributed by atoms with Crippen molar-refractivity contribution in [1.29, 1.82) is 0 Å². The van der Waals surface area contributed by atoms with E-state index in [1.807, 2.05) is 0 Å². The molecule has 0 saturated heterocycles. The number of phosphoric acid groups is 1. The fourth-order valence-electron chi connectivity index (χ4n) is 0.737. The van der Waals surface area contributed by atoms with E-state index in [0.717, 1.165) is 0 Å². The molecule has 146 valence electrons. The molecule has 0 saturated carbocycles. The number of hydrogen-bond donors (Lipinski definition) is 0. The predicted octanol–water partition coefficient (Wildman–Crippen LogP) is 1.42. The lowest BCUT2D eigenvalue weighted by Gasteiger charge is -2.16. The highest BCUT2D eigenvalue weighted by Gasteiger charge is 2.41. The van der Waals surface area contributed by atoms with Crippen molar-refractivity contribution in [2.75, 3.05) is 19.0 Å². The van der Waals surface area contributed by atoms with Gasteiger partial charge in [0.2, 0.25) is 0 Å². The second-order valence-electron chi connectivity index (χ2n) is 3.30. The quantitative estimate of drug-likeness (QED) is 0.297. The normalized spacial score (nSPS) is 14.8. The van der Waals surface area contributed by atoms with E-state index >= 15 is 0 Å². The minimum absolute atomic E-state index is 0.468. The van der Waals surface area contributed by atoms with Gasteiger partial charge < -0.3 is 0 Å². The van der Waals surface area contributed by atoms with Crippen molar-refractivity contribution >= 4 is 28.1 Å². The molecular formula is C5H7F6O10PS2. The average molecular weight is 436 g/mol. The molecule has 0 aromatic heterocycles. The summed E-state index contributed by atoms with van der Waals surface area (Å²) in [5.41, 5.74) is 0. The molecule has 19 heteroatoms. The zero-order valence-electron chi connectivity index (χ0n) is 11.0. The minimum atomic E-state index is -5.65. The van der Waals surface area contributed by atoms with Crippen molar-refractivity contribution < 1.29 is 69.7 Å². The second kappa shape index (κ2) is 7.81. The Morgan fingerprint density at radius 3 is 1.29 bits per heavy atom. The van der Waals surface area contributed by atoms with E-state index in [-0.39, 0.29) is 0 Å². The largest absolute Gasteiger partial charge is 0.537 e. The Balaban J connectivity index is 4.86. The minimum Gasteiger partial charge on any atom is -0.290 e. The highest BCUT2D eigenvalue weighted by Crippen LogP contribution is 2.49. The Morgan fingerprint density at radius 2 is 1.08 bits per heavy atom. The van der Waals surface area contributed by atoms with Gasteiger partial charge in [-0.2, -0.15) is 25.2 Å². The number of alkyl halides is 6. The summed E-state index contributed by atoms with van der Waals surface area (Å²) in [6, 6.07) is 0. The van der Waals surface area contributed by atoms with Crippen molar-refractivity contribution in [1.82, 2.24) is 0 Å². The number of halogens is 6. The summed E-state index contributed by atoms with van der Waals surface area (Å²) in [6.45, 7) is 0. The van der Waals surface area contributed by atoms with Crippen LogP contribution in [0.25, 0.3) is 0 Å². The molecule has 0 radical (unpaired) electrons. The van der Waals surface area contributed by atoms with Gasteiger partial charge in [0.05, 0.1) is 0 Å². The molecule has 0 fully saturated rings. The lowest BCUT2D eigenvalue weighted by atomic mass is 11.4. The maximum absolute atomic E-state index is 11.7. The second-order valence-corrected chi connectivity index (χ2v) is 8.11. The molecule has 0 aliphatic rings. The van der Waals surface area contributed by atoms with Crippen molar-refractivity contribution in [3.63, 3.8) is 0 Å². The van der Waals surface area contributed by atoms with Crippen molar-refractivity contribution in [3.8, 4) is 0 Å². The Labute approximate surface area is 130 Å². The van der Waals surface area contributed by atoms with Crippen LogP contribution in [0.5, 0.6) is 0 Å². The molecule has 24 heavy (non-hydrogen) atoms. The van der Waals surface area contributed by atoms with Crippen LogP contribution >= 0.6 is 7.82 Å². The first-order chi connectivity index (χ1) is 10.4. The van der Waals surface area contributed by atoms with Crippen molar-refractivity contribution in [2.24, 2.45) is 0 Å². The summed E-state index contributed by atoms with van der Waals surface area (Å²) < 4.78 is 142. The molecule has 0 N–H and O–H groups in total. The van der Waals surface area contributed by atoms with Gasteiger partial charge in [-0.05, 0) is 0 Å². The molecule has 0 amide bonds. The fraction of sp³-hybridized carbons (Fsp3) is 1.00. The molecule has 0 rings (SSSR count). The number of hydrogen-bond acceptors (Lipinski definition) is 10. The van der Waals surface area contributed by atoms with Crippen molar-refractivity contribution in [3.05, 3.63) is 0 Å². The monoisotopic (exact) mass is 436 g/mol. The lowest BCUT2D eigenvalue weighted by Crippen LogP contribution is -2.24. The Bertz CT molecular complexity index is 611. The summed E-state index contributed by atoms with van der Waals surface area (Å²) in [5.74, 6) is -4.17. The highest BCUT2D eigenvalue weighted by atomic mass is 32.2. The standard InChI is InChI=1S/C5H7F6O10PS2/c1-17-22(12,18-2-23(13,14)20-4(6,7)8)19-3-24(15,16)21-5(9,10)11/h2-3H2,1H3. The van der Waals surface area contributed by atoms with Crippen LogP contribution in [-0.4, -0.2) is 48.5 Å². The van der Waals surface area contributed by atoms with Gasteiger partial charge in [0.1, 0.15) is 0 Å². The predicted molar refractivity (Wildman–Crippen MR) is 58.6 cm³/mol. The van der Waals surface area contributed by atoms with Gasteiger partial charge >= 0.3 is 20.5 Å². The zero-order chi connectivity index (χ0) is 19.4. The third-order valence-corrected chi connectivity index (χ3v) is 4.76. The van der Waals surface area contributed by atoms with Crippen molar-refractivity contribution in [2.45, 2.75) is 12.7 Å². The van der Waals surface area contributed by atoms with E-state index in [4.69, 9.17) is 0 Å². The Kier molecular flexibility index (Phi) is 7.65. The summed E-state index contributed by atoms with van der Waals surface area (Å²) in [7, 11) is -15.7. The third-order valence-electron chi connectivity index (χ3n) is 1.38. The van der Waals surface area contributed by atoms with E-state index in [1.165, 1.54) is 0 Å². The SMILES string of the molecule is COP(=O)(OCS(=O)(=O)OC(F)(F)F)OCS(=O)(=O)OC(F)(F)F. The number of rotatable bonds is 9. The van der Waals surface area contributed by atoms with Gasteiger partial charge in [-0.3, -0.25) is 13.6 Å². The Hall–Kier alpha value is -0.490. The average Bonchev–Trinajstić information content (AvgIpc) is 2.28. The molecule has 0 aliphatic heterocycles.